The monoisotopic (exact) mass is 447 g/mol. The molecule has 1 N–H and O–H groups in total. The number of hydrogen-bond acceptors (Lipinski definition) is 4. The molecule has 170 valence electrons. The Kier molecular flexibility index (Phi) is 7.62. The highest BCUT2D eigenvalue weighted by atomic mass is 31.2. The summed E-state index contributed by atoms with van der Waals surface area (Å²) in [6.07, 6.45) is 2.65. The fourth-order valence-corrected chi connectivity index (χ4v) is 6.83. The van der Waals surface area contributed by atoms with Gasteiger partial charge in [0, 0.05) is 30.7 Å². The molecule has 31 heavy (non-hydrogen) atoms. The zero-order valence-corrected chi connectivity index (χ0v) is 20.1. The normalized spacial score (nSPS) is 24.6. The van der Waals surface area contributed by atoms with Crippen LogP contribution >= 0.6 is 7.37 Å². The van der Waals surface area contributed by atoms with E-state index in [4.69, 9.17) is 4.52 Å². The van der Waals surface area contributed by atoms with E-state index in [0.29, 0.717) is 17.1 Å². The summed E-state index contributed by atoms with van der Waals surface area (Å²) < 4.78 is 35.4. The van der Waals surface area contributed by atoms with Crippen molar-refractivity contribution in [2.75, 3.05) is 19.0 Å². The van der Waals surface area contributed by atoms with Crippen molar-refractivity contribution in [3.05, 3.63) is 59.9 Å². The summed E-state index contributed by atoms with van der Waals surface area (Å²) in [6.45, 7) is 6.49. The zero-order valence-electron chi connectivity index (χ0n) is 19.2. The smallest absolute Gasteiger partial charge is 0.264 e. The molecule has 0 spiro atoms. The van der Waals surface area contributed by atoms with Crippen LogP contribution in [0.2, 0.25) is 0 Å². The number of anilines is 1. The molecule has 4 nitrogen and oxygen atoms in total. The Morgan fingerprint density at radius 2 is 1.74 bits per heavy atom. The average molecular weight is 448 g/mol. The van der Waals surface area contributed by atoms with Crippen molar-refractivity contribution >= 4 is 18.4 Å². The van der Waals surface area contributed by atoms with Crippen LogP contribution in [0.3, 0.4) is 0 Å². The molecule has 6 heteroatoms. The highest BCUT2D eigenvalue weighted by Crippen LogP contribution is 2.60. The van der Waals surface area contributed by atoms with E-state index in [0.717, 1.165) is 24.9 Å². The Hall–Kier alpha value is -1.68. The molecule has 5 atom stereocenters. The first-order chi connectivity index (χ1) is 14.6. The maximum absolute atomic E-state index is 14.6. The third-order valence-electron chi connectivity index (χ3n) is 6.48. The summed E-state index contributed by atoms with van der Waals surface area (Å²) in [5.41, 5.74) is 0.953. The van der Waals surface area contributed by atoms with E-state index >= 15 is 0 Å². The Morgan fingerprint density at radius 1 is 1.10 bits per heavy atom. The van der Waals surface area contributed by atoms with Crippen LogP contribution in [0, 0.1) is 23.6 Å². The van der Waals surface area contributed by atoms with E-state index in [-0.39, 0.29) is 17.6 Å². The third kappa shape index (κ3) is 5.22. The topological polar surface area (TPSA) is 49.8 Å². The van der Waals surface area contributed by atoms with Gasteiger partial charge in [-0.3, -0.25) is 4.57 Å². The van der Waals surface area contributed by atoms with Crippen LogP contribution in [0.25, 0.3) is 0 Å². The average Bonchev–Trinajstić information content (AvgIpc) is 2.73. The second-order valence-electron chi connectivity index (χ2n) is 9.37. The standard InChI is InChI=1S/C25H35FNO3P/c1-17(2)21-15-10-18(3)16-24(21)30-31(29,20-13-11-19(12-14-20)27(4)5)25(28)22-8-6-7-9-23(22)26/h6-9,11-14,17-18,21,24-25,28H,10,15-16H2,1-5H3/t18-,21+,24-,25+,31+/m1/s1. The summed E-state index contributed by atoms with van der Waals surface area (Å²) in [5, 5.41) is 11.6. The second-order valence-corrected chi connectivity index (χ2v) is 11.8. The van der Waals surface area contributed by atoms with Gasteiger partial charge in [-0.05, 0) is 60.9 Å². The van der Waals surface area contributed by atoms with Crippen LogP contribution in [0.5, 0.6) is 0 Å². The minimum Gasteiger partial charge on any atom is -0.378 e. The summed E-state index contributed by atoms with van der Waals surface area (Å²) >= 11 is 0. The van der Waals surface area contributed by atoms with Crippen LogP contribution in [0.15, 0.2) is 48.5 Å². The van der Waals surface area contributed by atoms with Crippen molar-refractivity contribution in [2.24, 2.45) is 17.8 Å². The molecule has 0 heterocycles. The first kappa shape index (κ1) is 24.0. The Balaban J connectivity index is 2.05. The maximum atomic E-state index is 14.6. The van der Waals surface area contributed by atoms with Gasteiger partial charge in [0.2, 0.25) is 0 Å². The lowest BCUT2D eigenvalue weighted by atomic mass is 9.75. The van der Waals surface area contributed by atoms with Gasteiger partial charge in [-0.15, -0.1) is 0 Å². The van der Waals surface area contributed by atoms with Gasteiger partial charge >= 0.3 is 0 Å². The highest BCUT2D eigenvalue weighted by molar-refractivity contribution is 7.67. The molecule has 0 aromatic heterocycles. The van der Waals surface area contributed by atoms with Crippen LogP contribution in [0.1, 0.15) is 51.4 Å². The van der Waals surface area contributed by atoms with Crippen molar-refractivity contribution in [3.8, 4) is 0 Å². The molecular weight excluding hydrogens is 412 g/mol. The largest absolute Gasteiger partial charge is 0.378 e. The van der Waals surface area contributed by atoms with Gasteiger partial charge in [0.1, 0.15) is 5.82 Å². The predicted octanol–water partition coefficient (Wildman–Crippen LogP) is 5.96. The number of halogens is 1. The summed E-state index contributed by atoms with van der Waals surface area (Å²) in [6, 6.07) is 13.1. The van der Waals surface area contributed by atoms with Crippen LogP contribution < -0.4 is 10.2 Å². The van der Waals surface area contributed by atoms with E-state index in [9.17, 15) is 14.1 Å². The van der Waals surface area contributed by atoms with Gasteiger partial charge in [-0.25, -0.2) is 4.39 Å². The fourth-order valence-electron chi connectivity index (χ4n) is 4.52. The van der Waals surface area contributed by atoms with Crippen LogP contribution in [-0.4, -0.2) is 25.3 Å². The number of nitrogens with zero attached hydrogens (tertiary/aromatic N) is 1. The Labute approximate surface area is 185 Å². The molecule has 0 amide bonds. The van der Waals surface area contributed by atoms with E-state index in [2.05, 4.69) is 20.8 Å². The quantitative estimate of drug-likeness (QED) is 0.532. The molecule has 3 rings (SSSR count). The summed E-state index contributed by atoms with van der Waals surface area (Å²) in [4.78, 5) is 1.94. The van der Waals surface area contributed by atoms with E-state index < -0.39 is 19.0 Å². The third-order valence-corrected chi connectivity index (χ3v) is 9.01. The highest BCUT2D eigenvalue weighted by Gasteiger charge is 2.43. The number of aliphatic hydroxyl groups excluding tert-OH is 1. The van der Waals surface area contributed by atoms with E-state index in [1.807, 2.05) is 31.1 Å². The number of rotatable bonds is 7. The first-order valence-corrected chi connectivity index (χ1v) is 12.8. The van der Waals surface area contributed by atoms with Crippen molar-refractivity contribution < 1.29 is 18.6 Å². The molecule has 1 fully saturated rings. The van der Waals surface area contributed by atoms with Crippen molar-refractivity contribution in [1.82, 2.24) is 0 Å². The van der Waals surface area contributed by atoms with E-state index in [1.165, 1.54) is 12.1 Å². The van der Waals surface area contributed by atoms with Gasteiger partial charge in [0.25, 0.3) is 7.37 Å². The van der Waals surface area contributed by atoms with Crippen molar-refractivity contribution in [3.63, 3.8) is 0 Å². The Morgan fingerprint density at radius 3 is 2.32 bits per heavy atom. The zero-order chi connectivity index (χ0) is 22.8. The van der Waals surface area contributed by atoms with Gasteiger partial charge < -0.3 is 14.5 Å². The lowest BCUT2D eigenvalue weighted by molar-refractivity contribution is 0.0425. The van der Waals surface area contributed by atoms with Crippen molar-refractivity contribution in [1.29, 1.82) is 0 Å². The Bertz CT molecular complexity index is 915. The molecule has 0 bridgehead atoms. The maximum Gasteiger partial charge on any atom is 0.264 e. The second kappa shape index (κ2) is 9.85. The van der Waals surface area contributed by atoms with Crippen LogP contribution in [-0.2, 0) is 9.09 Å². The predicted molar refractivity (Wildman–Crippen MR) is 126 cm³/mol. The van der Waals surface area contributed by atoms with Crippen molar-refractivity contribution in [2.45, 2.75) is 52.0 Å². The fraction of sp³-hybridized carbons (Fsp3) is 0.520. The molecule has 1 saturated carbocycles. The number of hydrogen-bond donors (Lipinski definition) is 1. The number of aliphatic hydroxyl groups is 1. The minimum absolute atomic E-state index is 0.00692. The molecule has 1 aliphatic rings. The molecule has 1 aliphatic carbocycles. The lowest BCUT2D eigenvalue weighted by Gasteiger charge is -2.40. The van der Waals surface area contributed by atoms with Crippen LogP contribution in [0.4, 0.5) is 10.1 Å². The summed E-state index contributed by atoms with van der Waals surface area (Å²) in [5.74, 6) is -1.08. The molecular formula is C25H35FNO3P. The van der Waals surface area contributed by atoms with Gasteiger partial charge in [0.05, 0.1) is 6.10 Å². The first-order valence-electron chi connectivity index (χ1n) is 11.1. The molecule has 0 unspecified atom stereocenters. The molecule has 2 aromatic rings. The molecule has 0 saturated heterocycles. The molecule has 2 aromatic carbocycles. The van der Waals surface area contributed by atoms with E-state index in [1.54, 1.807) is 24.3 Å². The lowest BCUT2D eigenvalue weighted by Crippen LogP contribution is -2.35. The minimum atomic E-state index is -3.84. The summed E-state index contributed by atoms with van der Waals surface area (Å²) in [7, 11) is 0.0164. The van der Waals surface area contributed by atoms with Gasteiger partial charge in [0.15, 0.2) is 5.85 Å². The number of benzene rings is 2. The van der Waals surface area contributed by atoms with Gasteiger partial charge in [-0.2, -0.15) is 0 Å². The SMILES string of the molecule is CC(C)[C@@H]1CC[C@@H](C)C[C@H]1O[P@@](=O)(c1ccc(N(C)C)cc1)[C@H](O)c1ccccc1F. The van der Waals surface area contributed by atoms with Gasteiger partial charge in [-0.1, -0.05) is 45.4 Å². The molecule has 0 aliphatic heterocycles. The molecule has 0 radical (unpaired) electrons.